The molecular formula is C13H16N4O3S. The van der Waals surface area contributed by atoms with Gasteiger partial charge in [-0.15, -0.1) is 11.3 Å². The van der Waals surface area contributed by atoms with E-state index in [0.717, 1.165) is 4.88 Å². The van der Waals surface area contributed by atoms with Gasteiger partial charge in [0.2, 0.25) is 0 Å². The first-order chi connectivity index (χ1) is 9.97. The number of hydrogen-bond acceptors (Lipinski definition) is 4. The van der Waals surface area contributed by atoms with Crippen molar-refractivity contribution in [2.45, 2.75) is 19.0 Å². The van der Waals surface area contributed by atoms with Crippen molar-refractivity contribution in [2.24, 2.45) is 7.05 Å². The minimum Gasteiger partial charge on any atom is -0.479 e. The Hall–Kier alpha value is -2.35. The first-order valence-corrected chi connectivity index (χ1v) is 7.17. The number of aryl methyl sites for hydroxylation is 1. The van der Waals surface area contributed by atoms with Gasteiger partial charge in [0, 0.05) is 23.7 Å². The Kier molecular flexibility index (Phi) is 4.59. The molecule has 0 aliphatic rings. The van der Waals surface area contributed by atoms with Crippen LogP contribution in [0.4, 0.5) is 4.79 Å². The minimum absolute atomic E-state index is 0.187. The molecule has 3 N–H and O–H groups in total. The molecule has 0 aliphatic heterocycles. The summed E-state index contributed by atoms with van der Waals surface area (Å²) in [5.74, 6) is -1.14. The van der Waals surface area contributed by atoms with Crippen LogP contribution >= 0.6 is 11.3 Å². The smallest absolute Gasteiger partial charge is 0.331 e. The first kappa shape index (κ1) is 15.0. The van der Waals surface area contributed by atoms with E-state index in [1.54, 1.807) is 13.2 Å². The Labute approximate surface area is 125 Å². The van der Waals surface area contributed by atoms with E-state index in [4.69, 9.17) is 0 Å². The highest BCUT2D eigenvalue weighted by atomic mass is 32.1. The molecule has 0 saturated heterocycles. The fraction of sp³-hybridized carbons (Fsp3) is 0.308. The lowest BCUT2D eigenvalue weighted by Gasteiger charge is -2.17. The van der Waals surface area contributed by atoms with E-state index in [0.29, 0.717) is 5.56 Å². The molecule has 0 aliphatic carbocycles. The van der Waals surface area contributed by atoms with E-state index < -0.39 is 18.0 Å². The fourth-order valence-corrected chi connectivity index (χ4v) is 2.59. The zero-order valence-corrected chi connectivity index (χ0v) is 12.4. The number of carbonyl (C=O) groups excluding carboxylic acids is 1. The van der Waals surface area contributed by atoms with Crippen LogP contribution in [-0.2, 0) is 11.8 Å². The number of carbonyl (C=O) groups is 2. The second-order valence-corrected chi connectivity index (χ2v) is 5.55. The van der Waals surface area contributed by atoms with Crippen molar-refractivity contribution in [3.05, 3.63) is 40.3 Å². The molecule has 2 rings (SSSR count). The van der Waals surface area contributed by atoms with Gasteiger partial charge >= 0.3 is 12.0 Å². The van der Waals surface area contributed by atoms with Crippen molar-refractivity contribution in [3.63, 3.8) is 0 Å². The number of hydrogen-bond donors (Lipinski definition) is 3. The number of carboxylic acid groups (broad SMARTS) is 1. The van der Waals surface area contributed by atoms with Crippen LogP contribution in [0.1, 0.15) is 29.4 Å². The van der Waals surface area contributed by atoms with E-state index in [1.165, 1.54) is 22.2 Å². The second-order valence-electron chi connectivity index (χ2n) is 4.57. The molecule has 2 heterocycles. The third-order valence-electron chi connectivity index (χ3n) is 2.90. The zero-order chi connectivity index (χ0) is 15.4. The van der Waals surface area contributed by atoms with Crippen molar-refractivity contribution < 1.29 is 14.7 Å². The third kappa shape index (κ3) is 3.82. The van der Waals surface area contributed by atoms with Gasteiger partial charge in [-0.3, -0.25) is 4.68 Å². The number of thiophene rings is 1. The Bertz CT molecular complexity index is 623. The normalized spacial score (nSPS) is 13.4. The lowest BCUT2D eigenvalue weighted by Crippen LogP contribution is -2.41. The van der Waals surface area contributed by atoms with Gasteiger partial charge in [-0.05, 0) is 18.4 Å². The molecule has 2 amide bonds. The molecule has 112 valence electrons. The van der Waals surface area contributed by atoms with Gasteiger partial charge in [0.25, 0.3) is 0 Å². The number of carboxylic acids is 1. The lowest BCUT2D eigenvalue weighted by atomic mass is 10.1. The minimum atomic E-state index is -1.14. The van der Waals surface area contributed by atoms with Crippen LogP contribution in [0, 0.1) is 0 Å². The highest BCUT2D eigenvalue weighted by Gasteiger charge is 2.24. The van der Waals surface area contributed by atoms with E-state index in [9.17, 15) is 14.7 Å². The highest BCUT2D eigenvalue weighted by molar-refractivity contribution is 7.10. The maximum Gasteiger partial charge on any atom is 0.331 e. The Balaban J connectivity index is 2.00. The summed E-state index contributed by atoms with van der Waals surface area (Å²) in [4.78, 5) is 24.2. The summed E-state index contributed by atoms with van der Waals surface area (Å²) in [6, 6.07) is 1.95. The molecule has 0 bridgehead atoms. The molecule has 0 spiro atoms. The molecule has 0 fully saturated rings. The van der Waals surface area contributed by atoms with Gasteiger partial charge in [-0.25, -0.2) is 9.59 Å². The van der Waals surface area contributed by atoms with Crippen LogP contribution in [0.25, 0.3) is 0 Å². The zero-order valence-electron chi connectivity index (χ0n) is 11.6. The van der Waals surface area contributed by atoms with Gasteiger partial charge < -0.3 is 15.7 Å². The van der Waals surface area contributed by atoms with Crippen LogP contribution in [-0.4, -0.2) is 26.9 Å². The average molecular weight is 308 g/mol. The molecule has 0 radical (unpaired) electrons. The average Bonchev–Trinajstić information content (AvgIpc) is 3.06. The summed E-state index contributed by atoms with van der Waals surface area (Å²) in [6.45, 7) is 1.84. The standard InChI is InChI=1S/C13H16N4O3S/c1-8(10-4-3-5-21-10)15-13(20)16-11(12(18)19)9-6-14-17(2)7-9/h3-8,11H,1-2H3,(H,18,19)(H2,15,16,20). The molecule has 7 nitrogen and oxygen atoms in total. The summed E-state index contributed by atoms with van der Waals surface area (Å²) in [6.07, 6.45) is 2.98. The molecule has 0 aromatic carbocycles. The van der Waals surface area contributed by atoms with Crippen LogP contribution in [0.15, 0.2) is 29.9 Å². The lowest BCUT2D eigenvalue weighted by molar-refractivity contribution is -0.139. The molecule has 2 atom stereocenters. The van der Waals surface area contributed by atoms with E-state index in [2.05, 4.69) is 15.7 Å². The van der Waals surface area contributed by atoms with Crippen LogP contribution < -0.4 is 10.6 Å². The molecule has 0 saturated carbocycles. The largest absolute Gasteiger partial charge is 0.479 e. The number of aromatic nitrogens is 2. The van der Waals surface area contributed by atoms with Gasteiger partial charge in [-0.2, -0.15) is 5.10 Å². The van der Waals surface area contributed by atoms with Gasteiger partial charge in [0.15, 0.2) is 6.04 Å². The van der Waals surface area contributed by atoms with E-state index >= 15 is 0 Å². The number of rotatable bonds is 5. The summed E-state index contributed by atoms with van der Waals surface area (Å²) in [5.41, 5.74) is 0.420. The SMILES string of the molecule is CC(NC(=O)NC(C(=O)O)c1cnn(C)c1)c1cccs1. The number of amides is 2. The summed E-state index contributed by atoms with van der Waals surface area (Å²) < 4.78 is 1.49. The van der Waals surface area contributed by atoms with Crippen molar-refractivity contribution in [1.82, 2.24) is 20.4 Å². The monoisotopic (exact) mass is 308 g/mol. The van der Waals surface area contributed by atoms with Crippen LogP contribution in [0.3, 0.4) is 0 Å². The number of aliphatic carboxylic acids is 1. The molecule has 2 unspecified atom stereocenters. The summed E-state index contributed by atoms with van der Waals surface area (Å²) in [5, 5.41) is 20.2. The van der Waals surface area contributed by atoms with Crippen molar-refractivity contribution in [2.75, 3.05) is 0 Å². The highest BCUT2D eigenvalue weighted by Crippen LogP contribution is 2.18. The molecule has 8 heteroatoms. The number of nitrogens with one attached hydrogen (secondary N) is 2. The first-order valence-electron chi connectivity index (χ1n) is 6.29. The van der Waals surface area contributed by atoms with Gasteiger partial charge in [-0.1, -0.05) is 6.07 Å². The van der Waals surface area contributed by atoms with Crippen molar-refractivity contribution in [1.29, 1.82) is 0 Å². The topological polar surface area (TPSA) is 96.2 Å². The quantitative estimate of drug-likeness (QED) is 0.783. The molecule has 2 aromatic rings. The Morgan fingerprint density at radius 3 is 2.71 bits per heavy atom. The maximum absolute atomic E-state index is 11.9. The Morgan fingerprint density at radius 2 is 2.19 bits per heavy atom. The van der Waals surface area contributed by atoms with Gasteiger partial charge in [0.1, 0.15) is 0 Å². The van der Waals surface area contributed by atoms with Crippen molar-refractivity contribution >= 4 is 23.3 Å². The maximum atomic E-state index is 11.9. The third-order valence-corrected chi connectivity index (χ3v) is 3.95. The predicted molar refractivity (Wildman–Crippen MR) is 78.0 cm³/mol. The molecule has 21 heavy (non-hydrogen) atoms. The summed E-state index contributed by atoms with van der Waals surface area (Å²) in [7, 11) is 1.68. The molecule has 2 aromatic heterocycles. The Morgan fingerprint density at radius 1 is 1.43 bits per heavy atom. The van der Waals surface area contributed by atoms with Crippen molar-refractivity contribution in [3.8, 4) is 0 Å². The van der Waals surface area contributed by atoms with Crippen LogP contribution in [0.2, 0.25) is 0 Å². The van der Waals surface area contributed by atoms with Crippen LogP contribution in [0.5, 0.6) is 0 Å². The summed E-state index contributed by atoms with van der Waals surface area (Å²) >= 11 is 1.53. The van der Waals surface area contributed by atoms with E-state index in [-0.39, 0.29) is 6.04 Å². The van der Waals surface area contributed by atoms with Gasteiger partial charge in [0.05, 0.1) is 12.2 Å². The molecular weight excluding hydrogens is 292 g/mol. The fourth-order valence-electron chi connectivity index (χ4n) is 1.86. The predicted octanol–water partition coefficient (Wildman–Crippen LogP) is 1.67. The number of urea groups is 1. The van der Waals surface area contributed by atoms with E-state index in [1.807, 2.05) is 24.4 Å². The second kappa shape index (κ2) is 6.40. The number of nitrogens with zero attached hydrogens (tertiary/aromatic N) is 2.